The quantitative estimate of drug-likeness (QED) is 0.388. The van der Waals surface area contributed by atoms with Crippen molar-refractivity contribution >= 4 is 6.21 Å². The Morgan fingerprint density at radius 3 is 2.76 bits per heavy atom. The highest BCUT2D eigenvalue weighted by molar-refractivity contribution is 5.56. The summed E-state index contributed by atoms with van der Waals surface area (Å²) in [6.45, 7) is 0.520. The molecular formula is C14H18N2O. The summed E-state index contributed by atoms with van der Waals surface area (Å²) in [6.07, 6.45) is 6.50. The van der Waals surface area contributed by atoms with Crippen LogP contribution in [0.2, 0.25) is 0 Å². The summed E-state index contributed by atoms with van der Waals surface area (Å²) in [5.41, 5.74) is 1.12. The molecule has 1 aromatic carbocycles. The van der Waals surface area contributed by atoms with Crippen molar-refractivity contribution in [2.24, 2.45) is 5.16 Å². The lowest BCUT2D eigenvalue weighted by molar-refractivity contribution is 0.131. The van der Waals surface area contributed by atoms with Gasteiger partial charge in [0, 0.05) is 12.6 Å². The van der Waals surface area contributed by atoms with Gasteiger partial charge in [-0.25, -0.2) is 0 Å². The maximum absolute atomic E-state index is 8.35. The molecule has 0 unspecified atom stereocenters. The fourth-order valence-corrected chi connectivity index (χ4v) is 1.41. The number of unbranched alkanes of at least 4 members (excludes halogenated alkanes) is 4. The molecule has 0 heterocycles. The third-order valence-corrected chi connectivity index (χ3v) is 2.34. The first-order valence-electron chi connectivity index (χ1n) is 5.98. The predicted octanol–water partition coefficient (Wildman–Crippen LogP) is 3.66. The summed E-state index contributed by atoms with van der Waals surface area (Å²) in [5.74, 6) is 0. The molecule has 90 valence electrons. The molecule has 0 aliphatic carbocycles. The van der Waals surface area contributed by atoms with Gasteiger partial charge in [-0.15, -0.1) is 0 Å². The molecule has 3 nitrogen and oxygen atoms in total. The van der Waals surface area contributed by atoms with E-state index in [-0.39, 0.29) is 0 Å². The van der Waals surface area contributed by atoms with Crippen molar-refractivity contribution in [1.82, 2.24) is 0 Å². The molecular weight excluding hydrogens is 212 g/mol. The molecule has 0 saturated heterocycles. The highest BCUT2D eigenvalue weighted by Crippen LogP contribution is 2.02. The van der Waals surface area contributed by atoms with Crippen LogP contribution in [0.1, 0.15) is 37.7 Å². The van der Waals surface area contributed by atoms with Gasteiger partial charge in [0.2, 0.25) is 0 Å². The minimum atomic E-state index is 0.520. The summed E-state index contributed by atoms with van der Waals surface area (Å²) in [4.78, 5) is 5.16. The zero-order valence-electron chi connectivity index (χ0n) is 10.0. The molecule has 0 aliphatic heterocycles. The summed E-state index contributed by atoms with van der Waals surface area (Å²) in [5, 5.41) is 12.2. The van der Waals surface area contributed by atoms with Crippen LogP contribution in [0, 0.1) is 11.3 Å². The Bertz CT molecular complexity index is 354. The lowest BCUT2D eigenvalue weighted by Gasteiger charge is -1.98. The Morgan fingerprint density at radius 1 is 1.18 bits per heavy atom. The first kappa shape index (κ1) is 13.2. The van der Waals surface area contributed by atoms with E-state index in [1.165, 1.54) is 0 Å². The zero-order chi connectivity index (χ0) is 12.2. The lowest BCUT2D eigenvalue weighted by atomic mass is 10.2. The van der Waals surface area contributed by atoms with Gasteiger partial charge >= 0.3 is 0 Å². The standard InChI is InChI=1S/C14H18N2O/c15-11-7-2-1-3-8-12-16-17-13-14-9-5-4-6-10-14/h4-6,9-10,12H,1-3,7-8,13H2. The zero-order valence-corrected chi connectivity index (χ0v) is 10.0. The van der Waals surface area contributed by atoms with Gasteiger partial charge in [0.15, 0.2) is 0 Å². The van der Waals surface area contributed by atoms with Gasteiger partial charge in [0.1, 0.15) is 6.61 Å². The summed E-state index contributed by atoms with van der Waals surface area (Å²) in [7, 11) is 0. The number of oxime groups is 1. The molecule has 3 heteroatoms. The average molecular weight is 230 g/mol. The molecule has 0 spiro atoms. The van der Waals surface area contributed by atoms with Gasteiger partial charge in [-0.2, -0.15) is 5.26 Å². The first-order chi connectivity index (χ1) is 8.43. The molecule has 0 fully saturated rings. The highest BCUT2D eigenvalue weighted by atomic mass is 16.6. The average Bonchev–Trinajstić information content (AvgIpc) is 2.38. The van der Waals surface area contributed by atoms with Crippen molar-refractivity contribution in [2.45, 2.75) is 38.7 Å². The van der Waals surface area contributed by atoms with Crippen LogP contribution in [0.4, 0.5) is 0 Å². The molecule has 1 aromatic rings. The van der Waals surface area contributed by atoms with Crippen LogP contribution in [-0.4, -0.2) is 6.21 Å². The fourth-order valence-electron chi connectivity index (χ4n) is 1.41. The van der Waals surface area contributed by atoms with Crippen molar-refractivity contribution in [3.63, 3.8) is 0 Å². The molecule has 0 N–H and O–H groups in total. The Balaban J connectivity index is 1.98. The highest BCUT2D eigenvalue weighted by Gasteiger charge is 1.89. The van der Waals surface area contributed by atoms with Crippen LogP contribution in [-0.2, 0) is 11.4 Å². The third kappa shape index (κ3) is 7.13. The topological polar surface area (TPSA) is 45.4 Å². The van der Waals surface area contributed by atoms with E-state index in [0.717, 1.165) is 31.2 Å². The second-order valence-electron chi connectivity index (χ2n) is 3.80. The minimum absolute atomic E-state index is 0.520. The maximum atomic E-state index is 8.35. The lowest BCUT2D eigenvalue weighted by Crippen LogP contribution is -1.87. The molecule has 0 atom stereocenters. The van der Waals surface area contributed by atoms with E-state index in [9.17, 15) is 0 Å². The van der Waals surface area contributed by atoms with Crippen molar-refractivity contribution in [3.8, 4) is 6.07 Å². The molecule has 0 aromatic heterocycles. The molecule has 0 aliphatic rings. The van der Waals surface area contributed by atoms with Gasteiger partial charge in [-0.05, 0) is 24.8 Å². The molecule has 0 radical (unpaired) electrons. The van der Waals surface area contributed by atoms with Crippen LogP contribution in [0.15, 0.2) is 35.5 Å². The number of nitrogens with zero attached hydrogens (tertiary/aromatic N) is 2. The Morgan fingerprint density at radius 2 is 2.00 bits per heavy atom. The maximum Gasteiger partial charge on any atom is 0.142 e. The van der Waals surface area contributed by atoms with Crippen molar-refractivity contribution in [1.29, 1.82) is 5.26 Å². The number of rotatable bonds is 8. The second-order valence-corrected chi connectivity index (χ2v) is 3.80. The second kappa shape index (κ2) is 9.41. The largest absolute Gasteiger partial charge is 0.391 e. The van der Waals surface area contributed by atoms with E-state index < -0.39 is 0 Å². The molecule has 17 heavy (non-hydrogen) atoms. The predicted molar refractivity (Wildman–Crippen MR) is 68.4 cm³/mol. The summed E-state index contributed by atoms with van der Waals surface area (Å²) in [6, 6.07) is 12.1. The minimum Gasteiger partial charge on any atom is -0.391 e. The van der Waals surface area contributed by atoms with Crippen molar-refractivity contribution in [2.75, 3.05) is 0 Å². The molecule has 0 bridgehead atoms. The molecule has 0 amide bonds. The number of nitriles is 1. The fraction of sp³-hybridized carbons (Fsp3) is 0.429. The smallest absolute Gasteiger partial charge is 0.142 e. The van der Waals surface area contributed by atoms with Gasteiger partial charge < -0.3 is 4.84 Å². The molecule has 0 saturated carbocycles. The van der Waals surface area contributed by atoms with Crippen molar-refractivity contribution in [3.05, 3.63) is 35.9 Å². The third-order valence-electron chi connectivity index (χ3n) is 2.34. The van der Waals surface area contributed by atoms with Crippen LogP contribution < -0.4 is 0 Å². The van der Waals surface area contributed by atoms with Crippen LogP contribution >= 0.6 is 0 Å². The van der Waals surface area contributed by atoms with Crippen molar-refractivity contribution < 1.29 is 4.84 Å². The SMILES string of the molecule is N#CCCCCCC=NOCc1ccccc1. The van der Waals surface area contributed by atoms with E-state index in [1.807, 2.05) is 30.3 Å². The summed E-state index contributed by atoms with van der Waals surface area (Å²) < 4.78 is 0. The van der Waals surface area contributed by atoms with E-state index >= 15 is 0 Å². The van der Waals surface area contributed by atoms with E-state index in [4.69, 9.17) is 10.1 Å². The molecule has 1 rings (SSSR count). The normalized spacial score (nSPS) is 10.3. The van der Waals surface area contributed by atoms with Gasteiger partial charge in [0.05, 0.1) is 6.07 Å². The van der Waals surface area contributed by atoms with Gasteiger partial charge in [0.25, 0.3) is 0 Å². The number of hydrogen-bond donors (Lipinski definition) is 0. The Labute approximate surface area is 103 Å². The van der Waals surface area contributed by atoms with Crippen LogP contribution in [0.3, 0.4) is 0 Å². The van der Waals surface area contributed by atoms with Crippen LogP contribution in [0.5, 0.6) is 0 Å². The summed E-state index contributed by atoms with van der Waals surface area (Å²) >= 11 is 0. The first-order valence-corrected chi connectivity index (χ1v) is 5.98. The van der Waals surface area contributed by atoms with E-state index in [0.29, 0.717) is 13.0 Å². The van der Waals surface area contributed by atoms with Crippen LogP contribution in [0.25, 0.3) is 0 Å². The Kier molecular flexibility index (Phi) is 7.33. The van der Waals surface area contributed by atoms with E-state index in [1.54, 1.807) is 6.21 Å². The van der Waals surface area contributed by atoms with E-state index in [2.05, 4.69) is 11.2 Å². The Hall–Kier alpha value is -1.82. The monoisotopic (exact) mass is 230 g/mol. The number of hydrogen-bond acceptors (Lipinski definition) is 3. The van der Waals surface area contributed by atoms with Gasteiger partial charge in [-0.1, -0.05) is 41.9 Å². The van der Waals surface area contributed by atoms with Gasteiger partial charge in [-0.3, -0.25) is 0 Å². The number of benzene rings is 1.